The third-order valence-electron chi connectivity index (χ3n) is 1.71. The van der Waals surface area contributed by atoms with E-state index in [1.54, 1.807) is 12.1 Å². The van der Waals surface area contributed by atoms with Crippen molar-refractivity contribution >= 4 is 17.4 Å². The van der Waals surface area contributed by atoms with Crippen LogP contribution in [0.25, 0.3) is 0 Å². The van der Waals surface area contributed by atoms with Crippen molar-refractivity contribution in [3.05, 3.63) is 34.6 Å². The lowest BCUT2D eigenvalue weighted by Crippen LogP contribution is -2.32. The average molecular weight is 230 g/mol. The molecule has 0 saturated heterocycles. The van der Waals surface area contributed by atoms with Crippen molar-refractivity contribution in [2.45, 2.75) is 19.9 Å². The fourth-order valence-corrected chi connectivity index (χ4v) is 1.28. The van der Waals surface area contributed by atoms with Crippen molar-refractivity contribution in [3.8, 4) is 0 Å². The standard InChI is InChI=1S/C10H13ClFN3/c1-6(2)14-10(15-13)8-4-3-7(11)5-9(8)12/h3-6H,13H2,1-2H3,(H,14,15). The number of nitrogens with two attached hydrogens (primary N) is 1. The van der Waals surface area contributed by atoms with E-state index in [0.717, 1.165) is 0 Å². The molecule has 0 unspecified atom stereocenters. The molecule has 1 aromatic carbocycles. The molecule has 0 fully saturated rings. The minimum Gasteiger partial charge on any atom is -0.308 e. The zero-order valence-corrected chi connectivity index (χ0v) is 9.35. The van der Waals surface area contributed by atoms with Gasteiger partial charge >= 0.3 is 0 Å². The zero-order valence-electron chi connectivity index (χ0n) is 8.59. The van der Waals surface area contributed by atoms with Gasteiger partial charge in [0.1, 0.15) is 11.7 Å². The van der Waals surface area contributed by atoms with Crippen molar-refractivity contribution in [1.29, 1.82) is 0 Å². The summed E-state index contributed by atoms with van der Waals surface area (Å²) in [6.45, 7) is 3.76. The summed E-state index contributed by atoms with van der Waals surface area (Å²) in [4.78, 5) is 4.15. The lowest BCUT2D eigenvalue weighted by Gasteiger charge is -2.08. The molecule has 1 aromatic rings. The van der Waals surface area contributed by atoms with Gasteiger partial charge in [-0.15, -0.1) is 0 Å². The monoisotopic (exact) mass is 229 g/mol. The zero-order chi connectivity index (χ0) is 11.4. The smallest absolute Gasteiger partial charge is 0.145 e. The largest absolute Gasteiger partial charge is 0.308 e. The van der Waals surface area contributed by atoms with Gasteiger partial charge in [0.15, 0.2) is 0 Å². The molecule has 3 N–H and O–H groups in total. The number of aliphatic imine (C=N–C) groups is 1. The van der Waals surface area contributed by atoms with Crippen LogP contribution in [0.1, 0.15) is 19.4 Å². The molecule has 1 rings (SSSR count). The van der Waals surface area contributed by atoms with Crippen LogP contribution < -0.4 is 11.3 Å². The van der Waals surface area contributed by atoms with E-state index in [1.807, 2.05) is 13.8 Å². The van der Waals surface area contributed by atoms with Crippen molar-refractivity contribution < 1.29 is 4.39 Å². The highest BCUT2D eigenvalue weighted by Crippen LogP contribution is 2.14. The van der Waals surface area contributed by atoms with Gasteiger partial charge < -0.3 is 5.43 Å². The lowest BCUT2D eigenvalue weighted by atomic mass is 10.2. The minimum atomic E-state index is -0.445. The van der Waals surface area contributed by atoms with E-state index in [2.05, 4.69) is 10.4 Å². The van der Waals surface area contributed by atoms with Crippen molar-refractivity contribution in [2.24, 2.45) is 10.8 Å². The summed E-state index contributed by atoms with van der Waals surface area (Å²) in [6, 6.07) is 4.39. The number of benzene rings is 1. The van der Waals surface area contributed by atoms with E-state index in [4.69, 9.17) is 17.4 Å². The number of hydrogen-bond donors (Lipinski definition) is 2. The highest BCUT2D eigenvalue weighted by Gasteiger charge is 2.09. The summed E-state index contributed by atoms with van der Waals surface area (Å²) >= 11 is 5.64. The molecule has 82 valence electrons. The molecule has 0 saturated carbocycles. The number of rotatable bonds is 2. The number of amidine groups is 1. The second-order valence-corrected chi connectivity index (χ2v) is 3.78. The predicted octanol–water partition coefficient (Wildman–Crippen LogP) is 2.10. The second kappa shape index (κ2) is 5.09. The summed E-state index contributed by atoms with van der Waals surface area (Å²) in [6.07, 6.45) is 0. The van der Waals surface area contributed by atoms with E-state index in [9.17, 15) is 4.39 Å². The molecule has 0 atom stereocenters. The normalized spacial score (nSPS) is 12.0. The molecule has 0 spiro atoms. The van der Waals surface area contributed by atoms with E-state index < -0.39 is 5.82 Å². The van der Waals surface area contributed by atoms with Crippen LogP contribution in [0.4, 0.5) is 4.39 Å². The van der Waals surface area contributed by atoms with E-state index >= 15 is 0 Å². The Morgan fingerprint density at radius 1 is 1.53 bits per heavy atom. The Hall–Kier alpha value is -1.13. The van der Waals surface area contributed by atoms with E-state index in [0.29, 0.717) is 16.4 Å². The third-order valence-corrected chi connectivity index (χ3v) is 1.95. The van der Waals surface area contributed by atoms with Gasteiger partial charge in [-0.1, -0.05) is 11.6 Å². The molecule has 0 radical (unpaired) electrons. The van der Waals surface area contributed by atoms with Crippen LogP contribution in [-0.4, -0.2) is 11.9 Å². The summed E-state index contributed by atoms with van der Waals surface area (Å²) in [5.41, 5.74) is 2.69. The topological polar surface area (TPSA) is 50.4 Å². The fraction of sp³-hybridized carbons (Fsp3) is 0.300. The van der Waals surface area contributed by atoms with Gasteiger partial charge in [0.05, 0.1) is 5.56 Å². The highest BCUT2D eigenvalue weighted by molar-refractivity contribution is 6.30. The summed E-state index contributed by atoms with van der Waals surface area (Å²) in [7, 11) is 0. The van der Waals surface area contributed by atoms with Crippen LogP contribution in [0.3, 0.4) is 0 Å². The van der Waals surface area contributed by atoms with Gasteiger partial charge in [-0.05, 0) is 32.0 Å². The van der Waals surface area contributed by atoms with Crippen LogP contribution in [0.15, 0.2) is 23.2 Å². The van der Waals surface area contributed by atoms with E-state index in [-0.39, 0.29) is 6.04 Å². The van der Waals surface area contributed by atoms with Gasteiger partial charge in [-0.3, -0.25) is 4.99 Å². The summed E-state index contributed by atoms with van der Waals surface area (Å²) < 4.78 is 13.5. The Morgan fingerprint density at radius 3 is 2.67 bits per heavy atom. The van der Waals surface area contributed by atoms with Gasteiger partial charge in [-0.2, -0.15) is 0 Å². The molecular weight excluding hydrogens is 217 g/mol. The maximum atomic E-state index is 13.5. The number of hydrazine groups is 1. The first-order valence-corrected chi connectivity index (χ1v) is 4.92. The molecule has 5 heteroatoms. The SMILES string of the molecule is CC(C)N=C(NN)c1ccc(Cl)cc1F. The number of nitrogens with zero attached hydrogens (tertiary/aromatic N) is 1. The Bertz CT molecular complexity index is 377. The molecule has 0 aliphatic rings. The molecule has 15 heavy (non-hydrogen) atoms. The first-order valence-electron chi connectivity index (χ1n) is 4.54. The first-order chi connectivity index (χ1) is 7.04. The number of nitrogens with one attached hydrogen (secondary N) is 1. The van der Waals surface area contributed by atoms with Crippen molar-refractivity contribution in [1.82, 2.24) is 5.43 Å². The van der Waals surface area contributed by atoms with Gasteiger partial charge in [0.2, 0.25) is 0 Å². The molecular formula is C10H13ClFN3. The Balaban J connectivity index is 3.13. The van der Waals surface area contributed by atoms with Crippen LogP contribution in [0.5, 0.6) is 0 Å². The van der Waals surface area contributed by atoms with Crippen LogP contribution in [0, 0.1) is 5.82 Å². The Kier molecular flexibility index (Phi) is 4.05. The predicted molar refractivity (Wildman–Crippen MR) is 60.4 cm³/mol. The lowest BCUT2D eigenvalue weighted by molar-refractivity contribution is 0.623. The van der Waals surface area contributed by atoms with E-state index in [1.165, 1.54) is 6.07 Å². The summed E-state index contributed by atoms with van der Waals surface area (Å²) in [5.74, 6) is 5.15. The Morgan fingerprint density at radius 2 is 2.20 bits per heavy atom. The fourth-order valence-electron chi connectivity index (χ4n) is 1.12. The van der Waals surface area contributed by atoms with Crippen molar-refractivity contribution in [3.63, 3.8) is 0 Å². The molecule has 0 aliphatic carbocycles. The summed E-state index contributed by atoms with van der Waals surface area (Å²) in [5, 5.41) is 0.345. The molecule has 0 bridgehead atoms. The molecule has 3 nitrogen and oxygen atoms in total. The van der Waals surface area contributed by atoms with Gasteiger partial charge in [0.25, 0.3) is 0 Å². The number of hydrogen-bond acceptors (Lipinski definition) is 2. The molecule has 0 heterocycles. The quantitative estimate of drug-likeness (QED) is 0.353. The van der Waals surface area contributed by atoms with Gasteiger partial charge in [0, 0.05) is 11.1 Å². The Labute approximate surface area is 93.1 Å². The second-order valence-electron chi connectivity index (χ2n) is 3.34. The minimum absolute atomic E-state index is 0.0335. The van der Waals surface area contributed by atoms with Crippen LogP contribution in [-0.2, 0) is 0 Å². The number of halogens is 2. The molecule has 0 aromatic heterocycles. The molecule has 0 aliphatic heterocycles. The van der Waals surface area contributed by atoms with Crippen LogP contribution in [0.2, 0.25) is 5.02 Å². The average Bonchev–Trinajstić information content (AvgIpc) is 2.14. The first kappa shape index (κ1) is 11.9. The van der Waals surface area contributed by atoms with Crippen molar-refractivity contribution in [2.75, 3.05) is 0 Å². The maximum absolute atomic E-state index is 13.5. The van der Waals surface area contributed by atoms with Gasteiger partial charge in [-0.25, -0.2) is 10.2 Å². The molecule has 0 amide bonds. The maximum Gasteiger partial charge on any atom is 0.145 e. The third kappa shape index (κ3) is 3.18. The van der Waals surface area contributed by atoms with Crippen LogP contribution >= 0.6 is 11.6 Å². The highest BCUT2D eigenvalue weighted by atomic mass is 35.5.